The van der Waals surface area contributed by atoms with Crippen LogP contribution in [0, 0.1) is 11.8 Å². The zero-order valence-electron chi connectivity index (χ0n) is 10.9. The van der Waals surface area contributed by atoms with Crippen molar-refractivity contribution in [2.24, 2.45) is 11.8 Å². The average molecular weight is 254 g/mol. The number of likely N-dealkylation sites (tertiary alicyclic amines) is 1. The number of carboxylic acids is 1. The third-order valence-electron chi connectivity index (χ3n) is 4.06. The summed E-state index contributed by atoms with van der Waals surface area (Å²) in [6.45, 7) is 4.09. The zero-order chi connectivity index (χ0) is 13.1. The molecule has 5 heteroatoms. The van der Waals surface area contributed by atoms with Crippen LogP contribution in [0.3, 0.4) is 0 Å². The van der Waals surface area contributed by atoms with Crippen molar-refractivity contribution in [2.45, 2.75) is 38.6 Å². The number of hydrogen-bond acceptors (Lipinski definition) is 3. The molecule has 2 aliphatic heterocycles. The van der Waals surface area contributed by atoms with Gasteiger partial charge in [0.1, 0.15) is 0 Å². The SMILES string of the molecule is CC1CC(C(=O)N2CCCC(C(=O)O)C2)CCN1. The van der Waals surface area contributed by atoms with Crippen molar-refractivity contribution in [3.8, 4) is 0 Å². The van der Waals surface area contributed by atoms with Gasteiger partial charge in [0.05, 0.1) is 5.92 Å². The molecule has 18 heavy (non-hydrogen) atoms. The second kappa shape index (κ2) is 5.69. The van der Waals surface area contributed by atoms with Crippen molar-refractivity contribution in [2.75, 3.05) is 19.6 Å². The highest BCUT2D eigenvalue weighted by Crippen LogP contribution is 2.23. The number of amides is 1. The van der Waals surface area contributed by atoms with E-state index < -0.39 is 5.97 Å². The molecule has 3 atom stereocenters. The van der Waals surface area contributed by atoms with Crippen molar-refractivity contribution in [1.82, 2.24) is 10.2 Å². The minimum absolute atomic E-state index is 0.0776. The number of carbonyl (C=O) groups excluding carboxylic acids is 1. The van der Waals surface area contributed by atoms with Gasteiger partial charge in [-0.05, 0) is 39.2 Å². The molecule has 2 fully saturated rings. The van der Waals surface area contributed by atoms with Gasteiger partial charge in [-0.15, -0.1) is 0 Å². The average Bonchev–Trinajstić information content (AvgIpc) is 2.38. The van der Waals surface area contributed by atoms with Gasteiger partial charge in [0, 0.05) is 25.0 Å². The van der Waals surface area contributed by atoms with E-state index in [2.05, 4.69) is 12.2 Å². The summed E-state index contributed by atoms with van der Waals surface area (Å²) in [4.78, 5) is 25.1. The minimum Gasteiger partial charge on any atom is -0.481 e. The number of hydrogen-bond donors (Lipinski definition) is 2. The molecule has 2 heterocycles. The third kappa shape index (κ3) is 3.02. The molecule has 2 rings (SSSR count). The van der Waals surface area contributed by atoms with Crippen molar-refractivity contribution in [3.63, 3.8) is 0 Å². The number of piperidine rings is 2. The van der Waals surface area contributed by atoms with Gasteiger partial charge in [-0.2, -0.15) is 0 Å². The summed E-state index contributed by atoms with van der Waals surface area (Å²) < 4.78 is 0. The molecule has 102 valence electrons. The molecule has 2 N–H and O–H groups in total. The first kappa shape index (κ1) is 13.3. The summed E-state index contributed by atoms with van der Waals surface area (Å²) in [6, 6.07) is 0.382. The Labute approximate surface area is 108 Å². The Hall–Kier alpha value is -1.10. The van der Waals surface area contributed by atoms with Crippen LogP contribution in [0.15, 0.2) is 0 Å². The lowest BCUT2D eigenvalue weighted by molar-refractivity contribution is -0.147. The molecule has 0 spiro atoms. The van der Waals surface area contributed by atoms with E-state index >= 15 is 0 Å². The molecule has 0 aromatic heterocycles. The summed E-state index contributed by atoms with van der Waals surface area (Å²) in [5.41, 5.74) is 0. The Morgan fingerprint density at radius 1 is 1.28 bits per heavy atom. The molecule has 0 radical (unpaired) electrons. The lowest BCUT2D eigenvalue weighted by Gasteiger charge is -2.35. The summed E-state index contributed by atoms with van der Waals surface area (Å²) >= 11 is 0. The van der Waals surface area contributed by atoms with Crippen LogP contribution < -0.4 is 5.32 Å². The molecule has 5 nitrogen and oxygen atoms in total. The van der Waals surface area contributed by atoms with Crippen molar-refractivity contribution < 1.29 is 14.7 Å². The highest BCUT2D eigenvalue weighted by atomic mass is 16.4. The summed E-state index contributed by atoms with van der Waals surface area (Å²) in [5, 5.41) is 12.4. The molecular formula is C13H22N2O3. The molecule has 0 saturated carbocycles. The van der Waals surface area contributed by atoms with Crippen LogP contribution in [0.4, 0.5) is 0 Å². The van der Waals surface area contributed by atoms with Crippen molar-refractivity contribution >= 4 is 11.9 Å². The Bertz CT molecular complexity index is 332. The van der Waals surface area contributed by atoms with E-state index in [4.69, 9.17) is 5.11 Å². The third-order valence-corrected chi connectivity index (χ3v) is 4.06. The van der Waals surface area contributed by atoms with Crippen molar-refractivity contribution in [1.29, 1.82) is 0 Å². The molecule has 3 unspecified atom stereocenters. The lowest BCUT2D eigenvalue weighted by atomic mass is 9.90. The van der Waals surface area contributed by atoms with Gasteiger partial charge in [0.2, 0.25) is 5.91 Å². The highest BCUT2D eigenvalue weighted by Gasteiger charge is 2.33. The zero-order valence-corrected chi connectivity index (χ0v) is 10.9. The van der Waals surface area contributed by atoms with Gasteiger partial charge in [0.15, 0.2) is 0 Å². The van der Waals surface area contributed by atoms with Gasteiger partial charge in [-0.3, -0.25) is 9.59 Å². The fraction of sp³-hybridized carbons (Fsp3) is 0.846. The number of carbonyl (C=O) groups is 2. The summed E-state index contributed by atoms with van der Waals surface area (Å²) in [6.07, 6.45) is 3.25. The van der Waals surface area contributed by atoms with Crippen LogP contribution in [-0.2, 0) is 9.59 Å². The molecule has 2 aliphatic rings. The second-order valence-electron chi connectivity index (χ2n) is 5.54. The molecule has 0 aromatic rings. The number of rotatable bonds is 2. The monoisotopic (exact) mass is 254 g/mol. The predicted molar refractivity (Wildman–Crippen MR) is 67.1 cm³/mol. The van der Waals surface area contributed by atoms with E-state index in [9.17, 15) is 9.59 Å². The van der Waals surface area contributed by atoms with Crippen LogP contribution in [0.2, 0.25) is 0 Å². The molecule has 1 amide bonds. The van der Waals surface area contributed by atoms with Crippen LogP contribution in [0.1, 0.15) is 32.6 Å². The molecular weight excluding hydrogens is 232 g/mol. The maximum absolute atomic E-state index is 12.4. The second-order valence-corrected chi connectivity index (χ2v) is 5.54. The largest absolute Gasteiger partial charge is 0.481 e. The lowest BCUT2D eigenvalue weighted by Crippen LogP contribution is -2.48. The van der Waals surface area contributed by atoms with Crippen LogP contribution in [0.5, 0.6) is 0 Å². The van der Waals surface area contributed by atoms with E-state index in [1.165, 1.54) is 0 Å². The van der Waals surface area contributed by atoms with Gasteiger partial charge in [0.25, 0.3) is 0 Å². The van der Waals surface area contributed by atoms with Crippen LogP contribution >= 0.6 is 0 Å². The maximum Gasteiger partial charge on any atom is 0.308 e. The summed E-state index contributed by atoms with van der Waals surface area (Å²) in [5.74, 6) is -0.906. The predicted octanol–water partition coefficient (Wildman–Crippen LogP) is 0.698. The van der Waals surface area contributed by atoms with E-state index in [1.54, 1.807) is 4.90 Å². The van der Waals surface area contributed by atoms with Gasteiger partial charge < -0.3 is 15.3 Å². The number of nitrogens with zero attached hydrogens (tertiary/aromatic N) is 1. The van der Waals surface area contributed by atoms with Crippen molar-refractivity contribution in [3.05, 3.63) is 0 Å². The fourth-order valence-electron chi connectivity index (χ4n) is 2.99. The van der Waals surface area contributed by atoms with Gasteiger partial charge in [-0.1, -0.05) is 0 Å². The fourth-order valence-corrected chi connectivity index (χ4v) is 2.99. The Kier molecular flexibility index (Phi) is 4.22. The Morgan fingerprint density at radius 3 is 2.72 bits per heavy atom. The Balaban J connectivity index is 1.93. The number of nitrogens with one attached hydrogen (secondary N) is 1. The maximum atomic E-state index is 12.4. The first-order valence-corrected chi connectivity index (χ1v) is 6.83. The quantitative estimate of drug-likeness (QED) is 0.761. The summed E-state index contributed by atoms with van der Waals surface area (Å²) in [7, 11) is 0. The number of aliphatic carboxylic acids is 1. The first-order chi connectivity index (χ1) is 8.58. The topological polar surface area (TPSA) is 69.6 Å². The first-order valence-electron chi connectivity index (χ1n) is 6.83. The molecule has 0 bridgehead atoms. The van der Waals surface area contributed by atoms with E-state index in [0.717, 1.165) is 32.4 Å². The van der Waals surface area contributed by atoms with Gasteiger partial charge in [-0.25, -0.2) is 0 Å². The molecule has 0 aromatic carbocycles. The molecule has 0 aliphatic carbocycles. The van der Waals surface area contributed by atoms with Gasteiger partial charge >= 0.3 is 5.97 Å². The van der Waals surface area contributed by atoms with E-state index in [0.29, 0.717) is 19.0 Å². The molecule has 2 saturated heterocycles. The smallest absolute Gasteiger partial charge is 0.308 e. The minimum atomic E-state index is -0.772. The standard InChI is InChI=1S/C13H22N2O3/c1-9-7-10(4-5-14-9)12(16)15-6-2-3-11(8-15)13(17)18/h9-11,14H,2-8H2,1H3,(H,17,18). The number of carboxylic acid groups (broad SMARTS) is 1. The Morgan fingerprint density at radius 2 is 2.06 bits per heavy atom. The van der Waals surface area contributed by atoms with Crippen LogP contribution in [0.25, 0.3) is 0 Å². The van der Waals surface area contributed by atoms with E-state index in [1.807, 2.05) is 0 Å². The van der Waals surface area contributed by atoms with E-state index in [-0.39, 0.29) is 17.7 Å². The highest BCUT2D eigenvalue weighted by molar-refractivity contribution is 5.80. The van der Waals surface area contributed by atoms with Crippen LogP contribution in [-0.4, -0.2) is 47.6 Å². The normalized spacial score (nSPS) is 33.2.